The highest BCUT2D eigenvalue weighted by Crippen LogP contribution is 2.37. The molecule has 3 saturated heterocycles. The number of hydrogen-bond acceptors (Lipinski definition) is 4. The molecule has 3 aliphatic rings. The molecule has 1 atom stereocenters. The van der Waals surface area contributed by atoms with E-state index >= 15 is 0 Å². The number of alkyl halides is 2. The molecule has 168 valence electrons. The van der Waals surface area contributed by atoms with Gasteiger partial charge in [-0.15, -0.1) is 0 Å². The first-order chi connectivity index (χ1) is 14.2. The van der Waals surface area contributed by atoms with Gasteiger partial charge in [0.05, 0.1) is 11.4 Å². The van der Waals surface area contributed by atoms with Crippen LogP contribution in [0.3, 0.4) is 0 Å². The Morgan fingerprint density at radius 2 is 1.60 bits per heavy atom. The number of piperidine rings is 2. The normalized spacial score (nSPS) is 27.5. The summed E-state index contributed by atoms with van der Waals surface area (Å²) in [4.78, 5) is 4.31. The minimum atomic E-state index is -3.69. The maximum absolute atomic E-state index is 14.3. The molecule has 5 nitrogen and oxygen atoms in total. The average molecular weight is 446 g/mol. The van der Waals surface area contributed by atoms with Crippen LogP contribution in [-0.4, -0.2) is 79.8 Å². The molecule has 0 aliphatic carbocycles. The van der Waals surface area contributed by atoms with E-state index in [9.17, 15) is 21.6 Å². The van der Waals surface area contributed by atoms with Gasteiger partial charge in [0.1, 0.15) is 5.82 Å². The second-order valence-electron chi connectivity index (χ2n) is 8.84. The van der Waals surface area contributed by atoms with Crippen molar-refractivity contribution in [3.8, 4) is 0 Å². The van der Waals surface area contributed by atoms with Crippen molar-refractivity contribution in [1.29, 1.82) is 0 Å². The van der Waals surface area contributed by atoms with Crippen LogP contribution in [0.15, 0.2) is 29.2 Å². The molecule has 4 rings (SSSR count). The van der Waals surface area contributed by atoms with Gasteiger partial charge >= 0.3 is 0 Å². The average Bonchev–Trinajstić information content (AvgIpc) is 3.03. The Bertz CT molecular complexity index is 820. The first-order valence-electron chi connectivity index (χ1n) is 10.9. The molecule has 0 aromatic heterocycles. The summed E-state index contributed by atoms with van der Waals surface area (Å²) in [5.41, 5.74) is 0. The lowest BCUT2D eigenvalue weighted by atomic mass is 10.0. The second-order valence-corrected chi connectivity index (χ2v) is 10.8. The monoisotopic (exact) mass is 445 g/mol. The number of hydrogen-bond donors (Lipinski definition) is 0. The number of likely N-dealkylation sites (tertiary alicyclic amines) is 2. The van der Waals surface area contributed by atoms with Gasteiger partial charge in [0.2, 0.25) is 10.0 Å². The van der Waals surface area contributed by atoms with Gasteiger partial charge in [0.15, 0.2) is 0 Å². The molecular formula is C21H30F3N3O2S. The number of benzene rings is 1. The minimum Gasteiger partial charge on any atom is -0.302 e. The van der Waals surface area contributed by atoms with Crippen molar-refractivity contribution in [3.63, 3.8) is 0 Å². The summed E-state index contributed by atoms with van der Waals surface area (Å²) >= 11 is 0. The molecule has 3 heterocycles. The van der Waals surface area contributed by atoms with E-state index in [1.165, 1.54) is 22.9 Å². The van der Waals surface area contributed by atoms with Crippen molar-refractivity contribution < 1.29 is 21.6 Å². The summed E-state index contributed by atoms with van der Waals surface area (Å²) in [6.45, 7) is 2.98. The van der Waals surface area contributed by atoms with Crippen LogP contribution in [0, 0.1) is 5.82 Å². The van der Waals surface area contributed by atoms with E-state index in [4.69, 9.17) is 0 Å². The van der Waals surface area contributed by atoms with E-state index in [1.807, 2.05) is 4.90 Å². The largest absolute Gasteiger partial charge is 0.302 e. The quantitative estimate of drug-likeness (QED) is 0.698. The van der Waals surface area contributed by atoms with Gasteiger partial charge in [-0.25, -0.2) is 21.6 Å². The summed E-state index contributed by atoms with van der Waals surface area (Å²) in [5, 5.41) is 0. The van der Waals surface area contributed by atoms with Crippen LogP contribution in [-0.2, 0) is 10.0 Å². The molecule has 0 unspecified atom stereocenters. The molecule has 0 bridgehead atoms. The fourth-order valence-corrected chi connectivity index (χ4v) is 6.60. The molecule has 1 aromatic rings. The topological polar surface area (TPSA) is 43.9 Å². The van der Waals surface area contributed by atoms with Crippen molar-refractivity contribution in [2.45, 2.75) is 61.4 Å². The van der Waals surface area contributed by atoms with E-state index < -0.39 is 21.8 Å². The number of rotatable bonds is 5. The van der Waals surface area contributed by atoms with Crippen LogP contribution in [0.1, 0.15) is 38.5 Å². The Balaban J connectivity index is 1.39. The van der Waals surface area contributed by atoms with Crippen molar-refractivity contribution in [2.24, 2.45) is 0 Å². The summed E-state index contributed by atoms with van der Waals surface area (Å²) < 4.78 is 68.7. The number of nitrogens with zero attached hydrogens (tertiary/aromatic N) is 3. The molecule has 3 aliphatic heterocycles. The van der Waals surface area contributed by atoms with Gasteiger partial charge in [-0.2, -0.15) is 4.31 Å². The molecule has 0 spiro atoms. The predicted octanol–water partition coefficient (Wildman–Crippen LogP) is 3.17. The lowest BCUT2D eigenvalue weighted by Gasteiger charge is -2.40. The molecule has 3 fully saturated rings. The number of sulfonamides is 1. The first kappa shape index (κ1) is 22.0. The molecular weight excluding hydrogens is 415 g/mol. The van der Waals surface area contributed by atoms with Crippen molar-refractivity contribution in [1.82, 2.24) is 14.1 Å². The smallest absolute Gasteiger partial charge is 0.262 e. The van der Waals surface area contributed by atoms with Crippen LogP contribution < -0.4 is 0 Å². The van der Waals surface area contributed by atoms with Crippen LogP contribution in [0.2, 0.25) is 0 Å². The zero-order valence-electron chi connectivity index (χ0n) is 17.1. The fraction of sp³-hybridized carbons (Fsp3) is 0.714. The van der Waals surface area contributed by atoms with E-state index in [0.717, 1.165) is 38.1 Å². The van der Waals surface area contributed by atoms with E-state index in [2.05, 4.69) is 4.90 Å². The van der Waals surface area contributed by atoms with Gasteiger partial charge in [0, 0.05) is 38.1 Å². The first-order valence-corrected chi connectivity index (χ1v) is 12.3. The van der Waals surface area contributed by atoms with Crippen LogP contribution in [0.5, 0.6) is 0 Å². The lowest BCUT2D eigenvalue weighted by molar-refractivity contribution is 0.00466. The van der Waals surface area contributed by atoms with Gasteiger partial charge < -0.3 is 4.90 Å². The Morgan fingerprint density at radius 3 is 2.23 bits per heavy atom. The molecule has 1 aromatic carbocycles. The van der Waals surface area contributed by atoms with Crippen LogP contribution in [0.25, 0.3) is 0 Å². The Morgan fingerprint density at radius 1 is 0.967 bits per heavy atom. The van der Waals surface area contributed by atoms with Crippen molar-refractivity contribution in [2.75, 3.05) is 39.3 Å². The molecule has 0 amide bonds. The number of halogens is 3. The van der Waals surface area contributed by atoms with Gasteiger partial charge in [-0.1, -0.05) is 6.42 Å². The third-order valence-electron chi connectivity index (χ3n) is 6.68. The van der Waals surface area contributed by atoms with Gasteiger partial charge in [0.25, 0.3) is 5.92 Å². The van der Waals surface area contributed by atoms with Crippen LogP contribution in [0.4, 0.5) is 13.2 Å². The maximum Gasteiger partial charge on any atom is 0.262 e. The third kappa shape index (κ3) is 4.84. The highest BCUT2D eigenvalue weighted by molar-refractivity contribution is 7.89. The molecule has 30 heavy (non-hydrogen) atoms. The fourth-order valence-electron chi connectivity index (χ4n) is 5.13. The zero-order valence-corrected chi connectivity index (χ0v) is 18.0. The Kier molecular flexibility index (Phi) is 6.44. The third-order valence-corrected chi connectivity index (χ3v) is 8.59. The Hall–Kier alpha value is -1.16. The minimum absolute atomic E-state index is 0.0344. The maximum atomic E-state index is 14.3. The van der Waals surface area contributed by atoms with Crippen molar-refractivity contribution in [3.05, 3.63) is 30.1 Å². The highest BCUT2D eigenvalue weighted by Gasteiger charge is 2.48. The zero-order chi connectivity index (χ0) is 21.4. The molecule has 0 saturated carbocycles. The predicted molar refractivity (Wildman–Crippen MR) is 109 cm³/mol. The summed E-state index contributed by atoms with van der Waals surface area (Å²) in [5.74, 6) is -3.17. The van der Waals surface area contributed by atoms with Crippen LogP contribution >= 0.6 is 0 Å². The van der Waals surface area contributed by atoms with Gasteiger partial charge in [-0.3, -0.25) is 4.90 Å². The van der Waals surface area contributed by atoms with E-state index in [0.29, 0.717) is 32.5 Å². The summed E-state index contributed by atoms with van der Waals surface area (Å²) in [6, 6.07) is 4.60. The second kappa shape index (κ2) is 8.76. The SMILES string of the molecule is O=S(=O)(c1ccc(F)cc1)N1CCC(N2CC(F)(F)C[C@H]2CN2CCCCC2)CC1. The lowest BCUT2D eigenvalue weighted by Crippen LogP contribution is -2.51. The Labute approximate surface area is 176 Å². The van der Waals surface area contributed by atoms with Gasteiger partial charge in [-0.05, 0) is 63.0 Å². The molecule has 0 radical (unpaired) electrons. The summed E-state index contributed by atoms with van der Waals surface area (Å²) in [7, 11) is -3.69. The molecule has 9 heteroatoms. The van der Waals surface area contributed by atoms with Crippen molar-refractivity contribution >= 4 is 10.0 Å². The van der Waals surface area contributed by atoms with E-state index in [1.54, 1.807) is 0 Å². The summed E-state index contributed by atoms with van der Waals surface area (Å²) in [6.07, 6.45) is 4.42. The van der Waals surface area contributed by atoms with E-state index in [-0.39, 0.29) is 29.9 Å². The standard InChI is InChI=1S/C21H30F3N3O2S/c22-17-4-6-20(7-5-17)30(28,29)26-12-8-18(9-13-26)27-16-21(23,24)14-19(27)15-25-10-2-1-3-11-25/h4-7,18-19H,1-3,8-16H2/t19-/m0/s1. The highest BCUT2D eigenvalue weighted by atomic mass is 32.2. The molecule has 0 N–H and O–H groups in total.